The van der Waals surface area contributed by atoms with Gasteiger partial charge in [-0.25, -0.2) is 0 Å². The van der Waals surface area contributed by atoms with Crippen LogP contribution >= 0.6 is 0 Å². The van der Waals surface area contributed by atoms with E-state index < -0.39 is 8.32 Å². The van der Waals surface area contributed by atoms with Crippen LogP contribution in [0.15, 0.2) is 11.6 Å². The predicted molar refractivity (Wildman–Crippen MR) is 62.5 cm³/mol. The fraction of sp³-hybridized carbons (Fsp3) is 0.727. The predicted octanol–water partition coefficient (Wildman–Crippen LogP) is 3.48. The van der Waals surface area contributed by atoms with Crippen molar-refractivity contribution < 1.29 is 4.43 Å². The van der Waals surface area contributed by atoms with Crippen LogP contribution < -0.4 is 0 Å². The second-order valence-corrected chi connectivity index (χ2v) is 9.78. The number of hydrogen-bond donors (Lipinski definition) is 0. The van der Waals surface area contributed by atoms with Crippen LogP contribution in [0.25, 0.3) is 0 Å². The molecule has 80 valence electrons. The largest absolute Gasteiger partial charge is 0.412 e. The SMILES string of the molecule is C/C=C(/C#N)CO[Si](C)(C)C(C)(C)C. The zero-order valence-electron chi connectivity index (χ0n) is 10.1. The molecule has 0 bridgehead atoms. The summed E-state index contributed by atoms with van der Waals surface area (Å²) < 4.78 is 5.89. The van der Waals surface area contributed by atoms with Gasteiger partial charge < -0.3 is 4.43 Å². The first kappa shape index (κ1) is 13.4. The van der Waals surface area contributed by atoms with Crippen molar-refractivity contribution in [2.45, 2.75) is 45.8 Å². The van der Waals surface area contributed by atoms with Crippen molar-refractivity contribution in [3.63, 3.8) is 0 Å². The normalized spacial score (nSPS) is 13.9. The Bertz CT molecular complexity index is 255. The molecule has 0 spiro atoms. The quantitative estimate of drug-likeness (QED) is 0.529. The maximum Gasteiger partial charge on any atom is 0.192 e. The van der Waals surface area contributed by atoms with Crippen LogP contribution in [-0.2, 0) is 4.43 Å². The number of hydrogen-bond acceptors (Lipinski definition) is 2. The Hall–Kier alpha value is -0.593. The molecule has 14 heavy (non-hydrogen) atoms. The van der Waals surface area contributed by atoms with Crippen LogP contribution in [0.5, 0.6) is 0 Å². The molecule has 0 radical (unpaired) electrons. The van der Waals surface area contributed by atoms with E-state index in [0.717, 1.165) is 5.57 Å². The maximum absolute atomic E-state index is 8.74. The van der Waals surface area contributed by atoms with E-state index in [0.29, 0.717) is 6.61 Å². The highest BCUT2D eigenvalue weighted by Crippen LogP contribution is 2.36. The zero-order valence-corrected chi connectivity index (χ0v) is 11.1. The molecule has 0 saturated heterocycles. The van der Waals surface area contributed by atoms with Crippen molar-refractivity contribution in [1.29, 1.82) is 5.26 Å². The molecule has 0 aliphatic rings. The van der Waals surface area contributed by atoms with Gasteiger partial charge in [-0.15, -0.1) is 0 Å². The number of nitrogens with zero attached hydrogens (tertiary/aromatic N) is 1. The average Bonchev–Trinajstić information content (AvgIpc) is 2.04. The van der Waals surface area contributed by atoms with Crippen LogP contribution in [0.1, 0.15) is 27.7 Å². The topological polar surface area (TPSA) is 33.0 Å². The van der Waals surface area contributed by atoms with Gasteiger partial charge in [0, 0.05) is 5.57 Å². The average molecular weight is 211 g/mol. The van der Waals surface area contributed by atoms with E-state index in [1.54, 1.807) is 0 Å². The Kier molecular flexibility index (Phi) is 4.56. The molecule has 0 aromatic carbocycles. The standard InChI is InChI=1S/C11H21NOSi/c1-7-10(8-12)9-13-14(5,6)11(2,3)4/h7H,9H2,1-6H3/b10-7-. The lowest BCUT2D eigenvalue weighted by Gasteiger charge is -2.36. The minimum atomic E-state index is -1.69. The van der Waals surface area contributed by atoms with Gasteiger partial charge in [-0.05, 0) is 25.1 Å². The molecule has 0 heterocycles. The summed E-state index contributed by atoms with van der Waals surface area (Å²) in [6.45, 7) is 13.3. The summed E-state index contributed by atoms with van der Waals surface area (Å²) in [4.78, 5) is 0. The molecule has 0 unspecified atom stereocenters. The summed E-state index contributed by atoms with van der Waals surface area (Å²) in [6, 6.07) is 2.13. The van der Waals surface area contributed by atoms with Crippen molar-refractivity contribution in [2.24, 2.45) is 0 Å². The van der Waals surface area contributed by atoms with E-state index in [9.17, 15) is 0 Å². The van der Waals surface area contributed by atoms with E-state index in [1.165, 1.54) is 0 Å². The summed E-state index contributed by atoms with van der Waals surface area (Å²) in [7, 11) is -1.69. The van der Waals surface area contributed by atoms with Crippen molar-refractivity contribution in [3.05, 3.63) is 11.6 Å². The molecule has 0 amide bonds. The summed E-state index contributed by atoms with van der Waals surface area (Å²) in [5.41, 5.74) is 0.717. The van der Waals surface area contributed by atoms with E-state index in [-0.39, 0.29) is 5.04 Å². The van der Waals surface area contributed by atoms with Crippen molar-refractivity contribution in [2.75, 3.05) is 6.61 Å². The lowest BCUT2D eigenvalue weighted by molar-refractivity contribution is 0.322. The van der Waals surface area contributed by atoms with Gasteiger partial charge in [0.25, 0.3) is 0 Å². The second kappa shape index (κ2) is 4.76. The molecular formula is C11H21NOSi. The van der Waals surface area contributed by atoms with E-state index in [2.05, 4.69) is 39.9 Å². The summed E-state index contributed by atoms with van der Waals surface area (Å²) in [6.07, 6.45) is 1.81. The third-order valence-corrected chi connectivity index (χ3v) is 7.37. The van der Waals surface area contributed by atoms with E-state index in [4.69, 9.17) is 9.69 Å². The Labute approximate surface area is 88.7 Å². The first-order chi connectivity index (χ1) is 6.24. The van der Waals surface area contributed by atoms with Gasteiger partial charge in [-0.2, -0.15) is 5.26 Å². The minimum Gasteiger partial charge on any atom is -0.412 e. The Balaban J connectivity index is 4.35. The third kappa shape index (κ3) is 3.65. The molecule has 0 aromatic heterocycles. The molecule has 0 aromatic rings. The highest BCUT2D eigenvalue weighted by atomic mass is 28.4. The van der Waals surface area contributed by atoms with Gasteiger partial charge in [0.05, 0.1) is 12.7 Å². The van der Waals surface area contributed by atoms with Crippen LogP contribution in [0, 0.1) is 11.3 Å². The smallest absolute Gasteiger partial charge is 0.192 e. The molecule has 0 aliphatic carbocycles. The van der Waals surface area contributed by atoms with Crippen LogP contribution in [0.2, 0.25) is 18.1 Å². The Morgan fingerprint density at radius 1 is 1.43 bits per heavy atom. The van der Waals surface area contributed by atoms with Crippen molar-refractivity contribution in [3.8, 4) is 6.07 Å². The van der Waals surface area contributed by atoms with E-state index >= 15 is 0 Å². The van der Waals surface area contributed by atoms with Gasteiger partial charge in [-0.1, -0.05) is 26.8 Å². The fourth-order valence-corrected chi connectivity index (χ4v) is 1.60. The highest BCUT2D eigenvalue weighted by Gasteiger charge is 2.37. The van der Waals surface area contributed by atoms with Crippen LogP contribution in [0.3, 0.4) is 0 Å². The molecule has 0 fully saturated rings. The highest BCUT2D eigenvalue weighted by molar-refractivity contribution is 6.74. The molecular weight excluding hydrogens is 190 g/mol. The zero-order chi connectivity index (χ0) is 11.4. The summed E-state index contributed by atoms with van der Waals surface area (Å²) in [5, 5.41) is 8.95. The lowest BCUT2D eigenvalue weighted by atomic mass is 10.2. The van der Waals surface area contributed by atoms with Crippen molar-refractivity contribution >= 4 is 8.32 Å². The van der Waals surface area contributed by atoms with Gasteiger partial charge >= 0.3 is 0 Å². The molecule has 2 nitrogen and oxygen atoms in total. The molecule has 0 rings (SSSR count). The molecule has 0 N–H and O–H groups in total. The van der Waals surface area contributed by atoms with Gasteiger partial charge in [0.1, 0.15) is 0 Å². The fourth-order valence-electron chi connectivity index (χ4n) is 0.655. The van der Waals surface area contributed by atoms with Gasteiger partial charge in [-0.3, -0.25) is 0 Å². The number of nitriles is 1. The monoisotopic (exact) mass is 211 g/mol. The lowest BCUT2D eigenvalue weighted by Crippen LogP contribution is -2.41. The van der Waals surface area contributed by atoms with E-state index in [1.807, 2.05) is 13.0 Å². The second-order valence-electron chi connectivity index (χ2n) is 4.97. The summed E-state index contributed by atoms with van der Waals surface area (Å²) >= 11 is 0. The third-order valence-electron chi connectivity index (χ3n) is 2.89. The first-order valence-electron chi connectivity index (χ1n) is 4.94. The first-order valence-corrected chi connectivity index (χ1v) is 7.84. The Morgan fingerprint density at radius 3 is 2.21 bits per heavy atom. The number of rotatable bonds is 3. The van der Waals surface area contributed by atoms with Crippen LogP contribution in [-0.4, -0.2) is 14.9 Å². The maximum atomic E-state index is 8.74. The van der Waals surface area contributed by atoms with Gasteiger partial charge in [0.2, 0.25) is 0 Å². The summed E-state index contributed by atoms with van der Waals surface area (Å²) in [5.74, 6) is 0. The molecule has 0 saturated carbocycles. The minimum absolute atomic E-state index is 0.210. The molecule has 3 heteroatoms. The van der Waals surface area contributed by atoms with Gasteiger partial charge in [0.15, 0.2) is 8.32 Å². The molecule has 0 atom stereocenters. The van der Waals surface area contributed by atoms with Crippen LogP contribution in [0.4, 0.5) is 0 Å². The number of allylic oxidation sites excluding steroid dienone is 1. The Morgan fingerprint density at radius 2 is 1.93 bits per heavy atom. The molecule has 0 aliphatic heterocycles. The van der Waals surface area contributed by atoms with Crippen molar-refractivity contribution in [1.82, 2.24) is 0 Å².